The highest BCUT2D eigenvalue weighted by molar-refractivity contribution is 5.78. The molecule has 0 aliphatic carbocycles. The van der Waals surface area contributed by atoms with E-state index in [-0.39, 0.29) is 18.6 Å². The number of hydrogen-bond donors (Lipinski definition) is 0. The number of benzene rings is 1. The Morgan fingerprint density at radius 1 is 1.22 bits per heavy atom. The molecule has 1 fully saturated rings. The van der Waals surface area contributed by atoms with Crippen molar-refractivity contribution in [2.75, 3.05) is 20.3 Å². The molecule has 1 aromatic heterocycles. The minimum Gasteiger partial charge on any atom is -0.375 e. The molecule has 3 rings (SSSR count). The molecule has 1 aromatic carbocycles. The van der Waals surface area contributed by atoms with Gasteiger partial charge in [-0.25, -0.2) is 0 Å². The Bertz CT molecular complexity index is 657. The van der Waals surface area contributed by atoms with Gasteiger partial charge in [0.05, 0.1) is 11.7 Å². The van der Waals surface area contributed by atoms with Gasteiger partial charge in [-0.3, -0.25) is 9.78 Å². The smallest absolute Gasteiger partial charge is 0.249 e. The molecule has 0 spiro atoms. The van der Waals surface area contributed by atoms with Crippen molar-refractivity contribution < 1.29 is 9.53 Å². The highest BCUT2D eigenvalue weighted by Gasteiger charge is 2.30. The third kappa shape index (κ3) is 3.77. The number of amides is 1. The van der Waals surface area contributed by atoms with E-state index in [1.54, 1.807) is 7.11 Å². The molecule has 4 heteroatoms. The van der Waals surface area contributed by atoms with Gasteiger partial charge >= 0.3 is 0 Å². The lowest BCUT2D eigenvalue weighted by Gasteiger charge is -2.24. The summed E-state index contributed by atoms with van der Waals surface area (Å²) in [6.07, 6.45) is 2.80. The summed E-state index contributed by atoms with van der Waals surface area (Å²) in [5.74, 6) is 0.0465. The lowest BCUT2D eigenvalue weighted by atomic mass is 10.1. The van der Waals surface area contributed by atoms with Crippen molar-refractivity contribution in [3.8, 4) is 0 Å². The van der Waals surface area contributed by atoms with Crippen LogP contribution in [0.3, 0.4) is 0 Å². The van der Waals surface area contributed by atoms with E-state index >= 15 is 0 Å². The van der Waals surface area contributed by atoms with Gasteiger partial charge in [0.1, 0.15) is 6.61 Å². The largest absolute Gasteiger partial charge is 0.375 e. The third-order valence-corrected chi connectivity index (χ3v) is 4.24. The quantitative estimate of drug-likeness (QED) is 0.852. The van der Waals surface area contributed by atoms with Crippen LogP contribution in [0, 0.1) is 0 Å². The van der Waals surface area contributed by atoms with E-state index in [0.29, 0.717) is 0 Å². The molecule has 1 aliphatic rings. The van der Waals surface area contributed by atoms with Crippen molar-refractivity contribution in [1.82, 2.24) is 9.88 Å². The summed E-state index contributed by atoms with van der Waals surface area (Å²) in [6.45, 7) is 0.928. The van der Waals surface area contributed by atoms with Gasteiger partial charge in [-0.05, 0) is 30.5 Å². The highest BCUT2D eigenvalue weighted by Crippen LogP contribution is 2.31. The number of methoxy groups -OCH3 is 1. The Labute approximate surface area is 137 Å². The van der Waals surface area contributed by atoms with Gasteiger partial charge in [0.2, 0.25) is 5.91 Å². The molecule has 4 nitrogen and oxygen atoms in total. The van der Waals surface area contributed by atoms with Gasteiger partial charge in [-0.1, -0.05) is 36.4 Å². The van der Waals surface area contributed by atoms with Crippen molar-refractivity contribution in [2.24, 2.45) is 0 Å². The summed E-state index contributed by atoms with van der Waals surface area (Å²) in [6, 6.07) is 16.5. The number of aromatic nitrogens is 1. The molecule has 120 valence electrons. The second kappa shape index (κ2) is 7.38. The van der Waals surface area contributed by atoms with E-state index in [4.69, 9.17) is 9.72 Å². The average molecular weight is 310 g/mol. The maximum Gasteiger partial charge on any atom is 0.249 e. The zero-order valence-corrected chi connectivity index (χ0v) is 13.4. The SMILES string of the molecule is COCC(=O)N1CCCC1c1cccc(Cc2ccccc2)n1. The van der Waals surface area contributed by atoms with Crippen LogP contribution in [0.5, 0.6) is 0 Å². The molecule has 1 atom stereocenters. The summed E-state index contributed by atoms with van der Waals surface area (Å²) < 4.78 is 4.99. The van der Waals surface area contributed by atoms with E-state index in [1.807, 2.05) is 41.3 Å². The number of nitrogens with zero attached hydrogens (tertiary/aromatic N) is 2. The average Bonchev–Trinajstić information content (AvgIpc) is 3.06. The first-order valence-corrected chi connectivity index (χ1v) is 8.06. The van der Waals surface area contributed by atoms with Crippen LogP contribution in [0.1, 0.15) is 35.8 Å². The number of likely N-dealkylation sites (tertiary alicyclic amines) is 1. The fourth-order valence-electron chi connectivity index (χ4n) is 3.17. The first kappa shape index (κ1) is 15.7. The number of pyridine rings is 1. The third-order valence-electron chi connectivity index (χ3n) is 4.24. The molecular formula is C19H22N2O2. The Hall–Kier alpha value is -2.20. The van der Waals surface area contributed by atoms with E-state index in [2.05, 4.69) is 12.1 Å². The van der Waals surface area contributed by atoms with E-state index in [0.717, 1.165) is 37.2 Å². The lowest BCUT2D eigenvalue weighted by Crippen LogP contribution is -2.33. The van der Waals surface area contributed by atoms with Gasteiger partial charge < -0.3 is 9.64 Å². The molecule has 0 bridgehead atoms. The predicted octanol–water partition coefficient (Wildman–Crippen LogP) is 2.98. The number of ether oxygens (including phenoxy) is 1. The van der Waals surface area contributed by atoms with E-state index in [1.165, 1.54) is 5.56 Å². The molecule has 0 radical (unpaired) electrons. The van der Waals surface area contributed by atoms with Crippen molar-refractivity contribution in [1.29, 1.82) is 0 Å². The topological polar surface area (TPSA) is 42.4 Å². The molecule has 1 saturated heterocycles. The minimum atomic E-state index is 0.0465. The molecule has 1 amide bonds. The van der Waals surface area contributed by atoms with E-state index in [9.17, 15) is 4.79 Å². The fraction of sp³-hybridized carbons (Fsp3) is 0.368. The summed E-state index contributed by atoms with van der Waals surface area (Å²) >= 11 is 0. The first-order valence-electron chi connectivity index (χ1n) is 8.06. The van der Waals surface area contributed by atoms with Gasteiger partial charge in [-0.15, -0.1) is 0 Å². The van der Waals surface area contributed by atoms with Crippen LogP contribution in [0.4, 0.5) is 0 Å². The molecular weight excluding hydrogens is 288 g/mol. The van der Waals surface area contributed by atoms with Crippen molar-refractivity contribution >= 4 is 5.91 Å². The number of carbonyl (C=O) groups excluding carboxylic acids is 1. The second-order valence-electron chi connectivity index (χ2n) is 5.89. The van der Waals surface area contributed by atoms with Crippen molar-refractivity contribution in [3.05, 3.63) is 65.5 Å². The summed E-state index contributed by atoms with van der Waals surface area (Å²) in [5.41, 5.74) is 3.27. The van der Waals surface area contributed by atoms with Gasteiger partial charge in [0.15, 0.2) is 0 Å². The van der Waals surface area contributed by atoms with Crippen LogP contribution in [0.2, 0.25) is 0 Å². The highest BCUT2D eigenvalue weighted by atomic mass is 16.5. The van der Waals surface area contributed by atoms with Crippen molar-refractivity contribution in [3.63, 3.8) is 0 Å². The maximum atomic E-state index is 12.2. The Kier molecular flexibility index (Phi) is 5.03. The van der Waals surface area contributed by atoms with Gasteiger partial charge in [0, 0.05) is 25.8 Å². The van der Waals surface area contributed by atoms with Crippen LogP contribution >= 0.6 is 0 Å². The molecule has 1 unspecified atom stereocenters. The van der Waals surface area contributed by atoms with Crippen LogP contribution in [0.25, 0.3) is 0 Å². The zero-order chi connectivity index (χ0) is 16.1. The normalized spacial score (nSPS) is 17.4. The van der Waals surface area contributed by atoms with Crippen LogP contribution in [0.15, 0.2) is 48.5 Å². The number of hydrogen-bond acceptors (Lipinski definition) is 3. The summed E-state index contributed by atoms with van der Waals surface area (Å²) in [7, 11) is 1.56. The number of carbonyl (C=O) groups is 1. The maximum absolute atomic E-state index is 12.2. The predicted molar refractivity (Wildman–Crippen MR) is 89.0 cm³/mol. The number of rotatable bonds is 5. The summed E-state index contributed by atoms with van der Waals surface area (Å²) in [4.78, 5) is 18.9. The standard InChI is InChI=1S/C19H22N2O2/c1-23-14-19(22)21-12-6-11-18(21)17-10-5-9-16(20-17)13-15-7-3-2-4-8-15/h2-5,7-10,18H,6,11-14H2,1H3. The Balaban J connectivity index is 1.77. The van der Waals surface area contributed by atoms with Crippen molar-refractivity contribution in [2.45, 2.75) is 25.3 Å². The monoisotopic (exact) mass is 310 g/mol. The minimum absolute atomic E-state index is 0.0465. The first-order chi connectivity index (χ1) is 11.3. The van der Waals surface area contributed by atoms with Crippen LogP contribution < -0.4 is 0 Å². The van der Waals surface area contributed by atoms with Gasteiger partial charge in [-0.2, -0.15) is 0 Å². The Morgan fingerprint density at radius 3 is 2.83 bits per heavy atom. The van der Waals surface area contributed by atoms with Crippen LogP contribution in [-0.4, -0.2) is 36.1 Å². The molecule has 1 aliphatic heterocycles. The molecule has 2 aromatic rings. The molecule has 2 heterocycles. The lowest BCUT2D eigenvalue weighted by molar-refractivity contribution is -0.136. The molecule has 0 saturated carbocycles. The zero-order valence-electron chi connectivity index (χ0n) is 13.4. The fourth-order valence-corrected chi connectivity index (χ4v) is 3.17. The Morgan fingerprint density at radius 2 is 2.04 bits per heavy atom. The second-order valence-corrected chi connectivity index (χ2v) is 5.89. The molecule has 0 N–H and O–H groups in total. The molecule has 23 heavy (non-hydrogen) atoms. The van der Waals surface area contributed by atoms with E-state index < -0.39 is 0 Å². The summed E-state index contributed by atoms with van der Waals surface area (Å²) in [5, 5.41) is 0. The van der Waals surface area contributed by atoms with Crippen LogP contribution in [-0.2, 0) is 16.0 Å². The van der Waals surface area contributed by atoms with Gasteiger partial charge in [0.25, 0.3) is 0 Å².